The second-order valence-electron chi connectivity index (χ2n) is 4.52. The van der Waals surface area contributed by atoms with E-state index in [1.54, 1.807) is 24.3 Å². The van der Waals surface area contributed by atoms with Crippen molar-refractivity contribution in [3.05, 3.63) is 63.6 Å². The molecular formula is C15H14Cl2N2O. The summed E-state index contributed by atoms with van der Waals surface area (Å²) in [6.45, 7) is 1.89. The van der Waals surface area contributed by atoms with Crippen LogP contribution in [0.15, 0.2) is 42.5 Å². The molecule has 3 nitrogen and oxygen atoms in total. The van der Waals surface area contributed by atoms with Crippen LogP contribution in [0.1, 0.15) is 28.9 Å². The fraction of sp³-hybridized carbons (Fsp3) is 0.133. The number of nitrogen functional groups attached to an aromatic ring is 1. The maximum Gasteiger partial charge on any atom is 0.251 e. The molecule has 104 valence electrons. The van der Waals surface area contributed by atoms with Gasteiger partial charge < -0.3 is 11.1 Å². The lowest BCUT2D eigenvalue weighted by molar-refractivity contribution is 0.0940. The van der Waals surface area contributed by atoms with E-state index in [0.29, 0.717) is 21.3 Å². The number of nitrogens with two attached hydrogens (primary N) is 1. The van der Waals surface area contributed by atoms with Crippen LogP contribution in [0.3, 0.4) is 0 Å². The lowest BCUT2D eigenvalue weighted by Gasteiger charge is -2.15. The number of benzene rings is 2. The van der Waals surface area contributed by atoms with Crippen LogP contribution in [0.4, 0.5) is 5.69 Å². The molecule has 1 atom stereocenters. The first kappa shape index (κ1) is 14.7. The Morgan fingerprint density at radius 1 is 1.15 bits per heavy atom. The van der Waals surface area contributed by atoms with Crippen LogP contribution in [0.5, 0.6) is 0 Å². The van der Waals surface area contributed by atoms with Gasteiger partial charge in [-0.2, -0.15) is 0 Å². The summed E-state index contributed by atoms with van der Waals surface area (Å²) in [6.07, 6.45) is 0. The van der Waals surface area contributed by atoms with Gasteiger partial charge in [-0.25, -0.2) is 0 Å². The van der Waals surface area contributed by atoms with Crippen LogP contribution < -0.4 is 11.1 Å². The molecule has 0 radical (unpaired) electrons. The molecule has 0 aliphatic rings. The SMILES string of the molecule is CC(NC(=O)c1cc(Cl)cc(Cl)c1)c1cccc(N)c1. The van der Waals surface area contributed by atoms with E-state index < -0.39 is 0 Å². The fourth-order valence-electron chi connectivity index (χ4n) is 1.88. The molecule has 0 heterocycles. The van der Waals surface area contributed by atoms with Crippen molar-refractivity contribution in [2.75, 3.05) is 5.73 Å². The predicted molar refractivity (Wildman–Crippen MR) is 83.2 cm³/mol. The molecule has 5 heteroatoms. The number of nitrogens with one attached hydrogen (secondary N) is 1. The van der Waals surface area contributed by atoms with Crippen molar-refractivity contribution in [2.24, 2.45) is 0 Å². The van der Waals surface area contributed by atoms with Gasteiger partial charge in [0.05, 0.1) is 6.04 Å². The smallest absolute Gasteiger partial charge is 0.251 e. The van der Waals surface area contributed by atoms with E-state index in [1.807, 2.05) is 25.1 Å². The van der Waals surface area contributed by atoms with Gasteiger partial charge in [0.2, 0.25) is 0 Å². The van der Waals surface area contributed by atoms with Crippen molar-refractivity contribution >= 4 is 34.8 Å². The molecule has 2 aromatic rings. The van der Waals surface area contributed by atoms with E-state index in [2.05, 4.69) is 5.32 Å². The minimum absolute atomic E-state index is 0.163. The molecule has 0 aliphatic heterocycles. The van der Waals surface area contributed by atoms with Crippen molar-refractivity contribution < 1.29 is 4.79 Å². The summed E-state index contributed by atoms with van der Waals surface area (Å²) in [5, 5.41) is 3.74. The highest BCUT2D eigenvalue weighted by molar-refractivity contribution is 6.35. The zero-order valence-electron chi connectivity index (χ0n) is 10.9. The Labute approximate surface area is 127 Å². The molecule has 2 aromatic carbocycles. The molecule has 0 bridgehead atoms. The number of carbonyl (C=O) groups excluding carboxylic acids is 1. The molecule has 2 rings (SSSR count). The van der Waals surface area contributed by atoms with Gasteiger partial charge in [-0.05, 0) is 42.8 Å². The van der Waals surface area contributed by atoms with Crippen molar-refractivity contribution in [2.45, 2.75) is 13.0 Å². The Morgan fingerprint density at radius 2 is 1.80 bits per heavy atom. The monoisotopic (exact) mass is 308 g/mol. The molecule has 0 aliphatic carbocycles. The van der Waals surface area contributed by atoms with Crippen LogP contribution in [-0.2, 0) is 0 Å². The Bertz CT molecular complexity index is 623. The molecule has 0 saturated heterocycles. The summed E-state index contributed by atoms with van der Waals surface area (Å²) >= 11 is 11.8. The second kappa shape index (κ2) is 6.16. The summed E-state index contributed by atoms with van der Waals surface area (Å²) in [4.78, 5) is 12.2. The Kier molecular flexibility index (Phi) is 4.53. The third kappa shape index (κ3) is 3.65. The number of hydrogen-bond donors (Lipinski definition) is 2. The van der Waals surface area contributed by atoms with Crippen LogP contribution >= 0.6 is 23.2 Å². The summed E-state index contributed by atoms with van der Waals surface area (Å²) in [5.74, 6) is -0.232. The number of anilines is 1. The minimum atomic E-state index is -0.232. The molecule has 0 fully saturated rings. The number of carbonyl (C=O) groups is 1. The highest BCUT2D eigenvalue weighted by atomic mass is 35.5. The molecule has 1 amide bonds. The third-order valence-corrected chi connectivity index (χ3v) is 3.32. The zero-order chi connectivity index (χ0) is 14.7. The standard InChI is InChI=1S/C15H14Cl2N2O/c1-9(10-3-2-4-14(18)7-10)19-15(20)11-5-12(16)8-13(17)6-11/h2-9H,18H2,1H3,(H,19,20). The summed E-state index contributed by atoms with van der Waals surface area (Å²) in [5.41, 5.74) is 7.76. The van der Waals surface area contributed by atoms with E-state index in [4.69, 9.17) is 28.9 Å². The van der Waals surface area contributed by atoms with Gasteiger partial charge >= 0.3 is 0 Å². The normalized spacial score (nSPS) is 11.9. The van der Waals surface area contributed by atoms with Crippen LogP contribution in [0.2, 0.25) is 10.0 Å². The quantitative estimate of drug-likeness (QED) is 0.840. The van der Waals surface area contributed by atoms with E-state index >= 15 is 0 Å². The molecule has 0 aromatic heterocycles. The van der Waals surface area contributed by atoms with E-state index in [0.717, 1.165) is 5.56 Å². The molecule has 0 saturated carbocycles. The van der Waals surface area contributed by atoms with Gasteiger partial charge in [0.1, 0.15) is 0 Å². The first-order valence-electron chi connectivity index (χ1n) is 6.08. The molecule has 3 N–H and O–H groups in total. The van der Waals surface area contributed by atoms with E-state index in [9.17, 15) is 4.79 Å². The lowest BCUT2D eigenvalue weighted by Crippen LogP contribution is -2.26. The largest absolute Gasteiger partial charge is 0.399 e. The minimum Gasteiger partial charge on any atom is -0.399 e. The average molecular weight is 309 g/mol. The molecule has 0 spiro atoms. The molecule has 20 heavy (non-hydrogen) atoms. The van der Waals surface area contributed by atoms with E-state index in [-0.39, 0.29) is 11.9 Å². The van der Waals surface area contributed by atoms with Crippen molar-refractivity contribution in [3.63, 3.8) is 0 Å². The first-order chi connectivity index (χ1) is 9.45. The first-order valence-corrected chi connectivity index (χ1v) is 6.83. The van der Waals surface area contributed by atoms with Crippen LogP contribution in [-0.4, -0.2) is 5.91 Å². The van der Waals surface area contributed by atoms with Gasteiger partial charge in [0.25, 0.3) is 5.91 Å². The number of hydrogen-bond acceptors (Lipinski definition) is 2. The van der Waals surface area contributed by atoms with Gasteiger partial charge in [-0.3, -0.25) is 4.79 Å². The van der Waals surface area contributed by atoms with Gasteiger partial charge in [-0.15, -0.1) is 0 Å². The maximum atomic E-state index is 12.2. The summed E-state index contributed by atoms with van der Waals surface area (Å²) in [7, 11) is 0. The highest BCUT2D eigenvalue weighted by Crippen LogP contribution is 2.20. The van der Waals surface area contributed by atoms with Crippen LogP contribution in [0, 0.1) is 0 Å². The zero-order valence-corrected chi connectivity index (χ0v) is 12.4. The van der Waals surface area contributed by atoms with Gasteiger partial charge in [0, 0.05) is 21.3 Å². The van der Waals surface area contributed by atoms with Crippen molar-refractivity contribution in [1.82, 2.24) is 5.32 Å². The topological polar surface area (TPSA) is 55.1 Å². The average Bonchev–Trinajstić information content (AvgIpc) is 2.37. The Balaban J connectivity index is 2.15. The van der Waals surface area contributed by atoms with Gasteiger partial charge in [0.15, 0.2) is 0 Å². The van der Waals surface area contributed by atoms with Crippen molar-refractivity contribution in [3.8, 4) is 0 Å². The Hall–Kier alpha value is -1.71. The predicted octanol–water partition coefficient (Wildman–Crippen LogP) is 4.07. The number of amides is 1. The van der Waals surface area contributed by atoms with Gasteiger partial charge in [-0.1, -0.05) is 35.3 Å². The molecule has 1 unspecified atom stereocenters. The fourth-order valence-corrected chi connectivity index (χ4v) is 2.40. The maximum absolute atomic E-state index is 12.2. The van der Waals surface area contributed by atoms with Crippen molar-refractivity contribution in [1.29, 1.82) is 0 Å². The second-order valence-corrected chi connectivity index (χ2v) is 5.40. The number of rotatable bonds is 3. The summed E-state index contributed by atoms with van der Waals surface area (Å²) in [6, 6.07) is 12.0. The lowest BCUT2D eigenvalue weighted by atomic mass is 10.1. The van der Waals surface area contributed by atoms with E-state index in [1.165, 1.54) is 0 Å². The third-order valence-electron chi connectivity index (χ3n) is 2.88. The summed E-state index contributed by atoms with van der Waals surface area (Å²) < 4.78 is 0. The van der Waals surface area contributed by atoms with Crippen LogP contribution in [0.25, 0.3) is 0 Å². The highest BCUT2D eigenvalue weighted by Gasteiger charge is 2.12. The number of halogens is 2. The molecular weight excluding hydrogens is 295 g/mol. The Morgan fingerprint density at radius 3 is 2.40 bits per heavy atom.